The number of amides is 1. The molecule has 0 saturated heterocycles. The molecule has 21 heavy (non-hydrogen) atoms. The molecule has 1 aromatic carbocycles. The molecule has 2 rings (SSSR count). The Bertz CT molecular complexity index is 730. The lowest BCUT2D eigenvalue weighted by Crippen LogP contribution is -2.19. The number of hydrazone groups is 1. The summed E-state index contributed by atoms with van der Waals surface area (Å²) in [6, 6.07) is 3.39. The zero-order chi connectivity index (χ0) is 15.6. The van der Waals surface area contributed by atoms with Gasteiger partial charge in [-0.1, -0.05) is 15.9 Å². The van der Waals surface area contributed by atoms with E-state index in [0.29, 0.717) is 15.7 Å². The summed E-state index contributed by atoms with van der Waals surface area (Å²) in [7, 11) is 1.74. The van der Waals surface area contributed by atoms with E-state index in [2.05, 4.69) is 47.5 Å². The van der Waals surface area contributed by atoms with Crippen molar-refractivity contribution in [3.8, 4) is 5.75 Å². The fraction of sp³-hybridized carbons (Fsp3) is 0.0833. The molecule has 2 aromatic rings. The number of aromatic nitrogens is 2. The number of carbonyl (C=O) groups excluding carboxylic acids is 1. The molecule has 1 amide bonds. The number of phenols is 1. The summed E-state index contributed by atoms with van der Waals surface area (Å²) >= 11 is 8.56. The summed E-state index contributed by atoms with van der Waals surface area (Å²) in [5, 5.41) is 17.7. The molecule has 0 radical (unpaired) electrons. The first-order chi connectivity index (χ1) is 9.88. The molecule has 6 nitrogen and oxygen atoms in total. The van der Waals surface area contributed by atoms with Crippen molar-refractivity contribution in [1.82, 2.24) is 15.2 Å². The lowest BCUT2D eigenvalue weighted by atomic mass is 10.2. The third-order valence-corrected chi connectivity index (χ3v) is 4.28. The van der Waals surface area contributed by atoms with E-state index in [-0.39, 0.29) is 5.75 Å². The molecular weight excluding hydrogens is 519 g/mol. The zero-order valence-electron chi connectivity index (χ0n) is 10.6. The minimum absolute atomic E-state index is 0.0450. The standard InChI is InChI=1S/C12H9Br2IN4O2/c1-19-5-9(15)10(18-19)12(21)17-16-4-6-2-7(13)3-8(14)11(6)20/h2-5,20H,1H3,(H,17,21). The van der Waals surface area contributed by atoms with Crippen molar-refractivity contribution in [2.75, 3.05) is 0 Å². The number of nitrogens with one attached hydrogen (secondary N) is 1. The second-order valence-electron chi connectivity index (χ2n) is 4.02. The average molecular weight is 528 g/mol. The third-order valence-electron chi connectivity index (χ3n) is 2.43. The predicted octanol–water partition coefficient (Wildman–Crippen LogP) is 3.02. The molecular formula is C12H9Br2IN4O2. The van der Waals surface area contributed by atoms with Crippen LogP contribution in [0.5, 0.6) is 5.75 Å². The Hall–Kier alpha value is -0.940. The van der Waals surface area contributed by atoms with Crippen LogP contribution in [-0.4, -0.2) is 27.0 Å². The number of benzene rings is 1. The zero-order valence-corrected chi connectivity index (χ0v) is 16.0. The summed E-state index contributed by atoms with van der Waals surface area (Å²) in [6.07, 6.45) is 3.09. The number of nitrogens with zero attached hydrogens (tertiary/aromatic N) is 3. The monoisotopic (exact) mass is 526 g/mol. The van der Waals surface area contributed by atoms with Crippen molar-refractivity contribution in [3.05, 3.63) is 42.1 Å². The van der Waals surface area contributed by atoms with Gasteiger partial charge in [-0.05, 0) is 50.7 Å². The van der Waals surface area contributed by atoms with Gasteiger partial charge in [-0.2, -0.15) is 10.2 Å². The number of carbonyl (C=O) groups is 1. The lowest BCUT2D eigenvalue weighted by Gasteiger charge is -2.02. The van der Waals surface area contributed by atoms with Gasteiger partial charge in [0.25, 0.3) is 5.91 Å². The van der Waals surface area contributed by atoms with E-state index < -0.39 is 5.91 Å². The highest BCUT2D eigenvalue weighted by atomic mass is 127. The summed E-state index contributed by atoms with van der Waals surface area (Å²) in [5.74, 6) is -0.367. The first-order valence-electron chi connectivity index (χ1n) is 5.59. The van der Waals surface area contributed by atoms with E-state index in [4.69, 9.17) is 0 Å². The van der Waals surface area contributed by atoms with Crippen LogP contribution < -0.4 is 5.43 Å². The van der Waals surface area contributed by atoms with Crippen molar-refractivity contribution >= 4 is 66.6 Å². The van der Waals surface area contributed by atoms with Crippen LogP contribution in [0.1, 0.15) is 16.1 Å². The van der Waals surface area contributed by atoms with E-state index in [1.807, 2.05) is 22.6 Å². The summed E-state index contributed by atoms with van der Waals surface area (Å²) in [4.78, 5) is 11.9. The fourth-order valence-electron chi connectivity index (χ4n) is 1.51. The van der Waals surface area contributed by atoms with Gasteiger partial charge in [0, 0.05) is 23.3 Å². The highest BCUT2D eigenvalue weighted by Gasteiger charge is 2.13. The van der Waals surface area contributed by atoms with Crippen molar-refractivity contribution in [2.45, 2.75) is 0 Å². The Morgan fingerprint density at radius 2 is 2.24 bits per heavy atom. The van der Waals surface area contributed by atoms with Crippen LogP contribution in [0, 0.1) is 3.57 Å². The maximum Gasteiger partial charge on any atom is 0.292 e. The molecule has 9 heteroatoms. The smallest absolute Gasteiger partial charge is 0.292 e. The Morgan fingerprint density at radius 3 is 2.86 bits per heavy atom. The normalized spacial score (nSPS) is 11.0. The number of aryl methyl sites for hydroxylation is 1. The molecule has 1 aromatic heterocycles. The highest BCUT2D eigenvalue weighted by Crippen LogP contribution is 2.30. The SMILES string of the molecule is Cn1cc(I)c(C(=O)NN=Cc2cc(Br)cc(Br)c2O)n1. The number of hydrogen-bond acceptors (Lipinski definition) is 4. The Balaban J connectivity index is 2.13. The van der Waals surface area contributed by atoms with Crippen molar-refractivity contribution < 1.29 is 9.90 Å². The van der Waals surface area contributed by atoms with Crippen molar-refractivity contribution in [2.24, 2.45) is 12.1 Å². The molecule has 1 heterocycles. The summed E-state index contributed by atoms with van der Waals surface area (Å²) in [5.41, 5.74) is 3.14. The van der Waals surface area contributed by atoms with Crippen LogP contribution in [0.15, 0.2) is 32.4 Å². The van der Waals surface area contributed by atoms with Crippen LogP contribution in [0.25, 0.3) is 0 Å². The molecule has 0 unspecified atom stereocenters. The van der Waals surface area contributed by atoms with Gasteiger partial charge in [0.15, 0.2) is 5.69 Å². The van der Waals surface area contributed by atoms with Crippen LogP contribution in [-0.2, 0) is 7.05 Å². The quantitative estimate of drug-likeness (QED) is 0.366. The third kappa shape index (κ3) is 4.04. The molecule has 0 fully saturated rings. The minimum Gasteiger partial charge on any atom is -0.506 e. The second-order valence-corrected chi connectivity index (χ2v) is 6.96. The molecule has 0 atom stereocenters. The topological polar surface area (TPSA) is 79.5 Å². The van der Waals surface area contributed by atoms with Gasteiger partial charge in [-0.25, -0.2) is 5.43 Å². The molecule has 0 bridgehead atoms. The second kappa shape index (κ2) is 6.88. The minimum atomic E-state index is -0.412. The molecule has 0 aliphatic carbocycles. The Kier molecular flexibility index (Phi) is 5.38. The van der Waals surface area contributed by atoms with E-state index >= 15 is 0 Å². The molecule has 0 spiro atoms. The van der Waals surface area contributed by atoms with Gasteiger partial charge in [0.1, 0.15) is 5.75 Å². The van der Waals surface area contributed by atoms with Gasteiger partial charge < -0.3 is 5.11 Å². The van der Waals surface area contributed by atoms with E-state index in [1.54, 1.807) is 30.1 Å². The van der Waals surface area contributed by atoms with E-state index in [9.17, 15) is 9.90 Å². The molecule has 110 valence electrons. The number of aromatic hydroxyl groups is 1. The largest absolute Gasteiger partial charge is 0.506 e. The fourth-order valence-corrected chi connectivity index (χ4v) is 3.53. The van der Waals surface area contributed by atoms with Crippen molar-refractivity contribution in [1.29, 1.82) is 0 Å². The number of rotatable bonds is 3. The lowest BCUT2D eigenvalue weighted by molar-refractivity contribution is 0.0948. The molecule has 0 aliphatic rings. The Labute approximate surface area is 151 Å². The van der Waals surface area contributed by atoms with E-state index in [1.165, 1.54) is 6.21 Å². The van der Waals surface area contributed by atoms with Gasteiger partial charge in [0.05, 0.1) is 14.3 Å². The summed E-state index contributed by atoms with van der Waals surface area (Å²) < 4.78 is 3.59. The number of hydrogen-bond donors (Lipinski definition) is 2. The van der Waals surface area contributed by atoms with Gasteiger partial charge in [-0.15, -0.1) is 0 Å². The van der Waals surface area contributed by atoms with Gasteiger partial charge in [-0.3, -0.25) is 9.48 Å². The van der Waals surface area contributed by atoms with Gasteiger partial charge in [0.2, 0.25) is 0 Å². The predicted molar refractivity (Wildman–Crippen MR) is 94.5 cm³/mol. The first-order valence-corrected chi connectivity index (χ1v) is 8.25. The number of phenolic OH excluding ortho intramolecular Hbond substituents is 1. The summed E-state index contributed by atoms with van der Waals surface area (Å²) in [6.45, 7) is 0. The number of halogens is 3. The van der Waals surface area contributed by atoms with Crippen LogP contribution in [0.2, 0.25) is 0 Å². The van der Waals surface area contributed by atoms with Crippen LogP contribution >= 0.6 is 54.5 Å². The maximum absolute atomic E-state index is 11.9. The average Bonchev–Trinajstić information content (AvgIpc) is 2.74. The Morgan fingerprint density at radius 1 is 1.52 bits per heavy atom. The van der Waals surface area contributed by atoms with Crippen molar-refractivity contribution in [3.63, 3.8) is 0 Å². The molecule has 0 saturated carbocycles. The molecule has 2 N–H and O–H groups in total. The first kappa shape index (κ1) is 16.4. The van der Waals surface area contributed by atoms with Crippen LogP contribution in [0.3, 0.4) is 0 Å². The van der Waals surface area contributed by atoms with E-state index in [0.717, 1.165) is 8.04 Å². The maximum atomic E-state index is 11.9. The van der Waals surface area contributed by atoms with Crippen LogP contribution in [0.4, 0.5) is 0 Å². The van der Waals surface area contributed by atoms with Gasteiger partial charge >= 0.3 is 0 Å². The molecule has 0 aliphatic heterocycles. The highest BCUT2D eigenvalue weighted by molar-refractivity contribution is 14.1.